The van der Waals surface area contributed by atoms with Gasteiger partial charge in [0.15, 0.2) is 0 Å². The number of ether oxygens (including phenoxy) is 1. The quantitative estimate of drug-likeness (QED) is 0.394. The van der Waals surface area contributed by atoms with Gasteiger partial charge in [0.1, 0.15) is 0 Å². The Morgan fingerprint density at radius 2 is 2.31 bits per heavy atom. The van der Waals surface area contributed by atoms with E-state index in [9.17, 15) is 4.79 Å². The zero-order valence-electron chi connectivity index (χ0n) is 8.30. The maximum atomic E-state index is 10.9. The fourth-order valence-corrected chi connectivity index (χ4v) is 1.08. The highest BCUT2D eigenvalue weighted by atomic mass is 16.5. The zero-order chi connectivity index (χ0) is 9.68. The van der Waals surface area contributed by atoms with Crippen LogP contribution in [0, 0.1) is 5.92 Å². The van der Waals surface area contributed by atoms with E-state index in [2.05, 4.69) is 10.1 Å². The topological polar surface area (TPSA) is 38.3 Å². The molecule has 0 bridgehead atoms. The van der Waals surface area contributed by atoms with Crippen molar-refractivity contribution in [1.82, 2.24) is 5.32 Å². The minimum atomic E-state index is -0.242. The van der Waals surface area contributed by atoms with E-state index in [1.807, 2.05) is 6.08 Å². The summed E-state index contributed by atoms with van der Waals surface area (Å²) >= 11 is 0. The van der Waals surface area contributed by atoms with E-state index in [1.54, 1.807) is 6.92 Å². The molecule has 0 aromatic heterocycles. The Bertz CT molecular complexity index is 207. The molecule has 0 amide bonds. The van der Waals surface area contributed by atoms with E-state index in [-0.39, 0.29) is 5.97 Å². The van der Waals surface area contributed by atoms with Gasteiger partial charge in [0, 0.05) is 12.1 Å². The summed E-state index contributed by atoms with van der Waals surface area (Å²) in [6.45, 7) is 3.60. The minimum Gasteiger partial charge on any atom is -0.466 e. The van der Waals surface area contributed by atoms with Crippen molar-refractivity contribution in [2.24, 2.45) is 5.92 Å². The molecular weight excluding hydrogens is 166 g/mol. The molecule has 1 rings (SSSR count). The molecule has 0 saturated heterocycles. The fourth-order valence-electron chi connectivity index (χ4n) is 1.08. The van der Waals surface area contributed by atoms with E-state index in [0.717, 1.165) is 19.0 Å². The van der Waals surface area contributed by atoms with Gasteiger partial charge in [0.2, 0.25) is 0 Å². The van der Waals surface area contributed by atoms with Crippen molar-refractivity contribution in [3.63, 3.8) is 0 Å². The second-order valence-electron chi connectivity index (χ2n) is 3.48. The Morgan fingerprint density at radius 3 is 2.85 bits per heavy atom. The Kier molecular flexibility index (Phi) is 3.96. The van der Waals surface area contributed by atoms with Gasteiger partial charge in [-0.15, -0.1) is 0 Å². The van der Waals surface area contributed by atoms with Crippen LogP contribution in [0.1, 0.15) is 19.8 Å². The standard InChI is InChI=1S/C10H17NO2/c1-8(10(12)13-2)5-6-11-7-9-3-4-9/h5,9,11H,3-4,6-7H2,1-2H3. The highest BCUT2D eigenvalue weighted by Gasteiger charge is 2.19. The van der Waals surface area contributed by atoms with Gasteiger partial charge in [-0.2, -0.15) is 0 Å². The molecule has 1 saturated carbocycles. The smallest absolute Gasteiger partial charge is 0.333 e. The molecule has 1 aliphatic carbocycles. The van der Waals surface area contributed by atoms with Gasteiger partial charge in [0.05, 0.1) is 7.11 Å². The van der Waals surface area contributed by atoms with Crippen LogP contribution in [-0.4, -0.2) is 26.2 Å². The van der Waals surface area contributed by atoms with Crippen LogP contribution in [0.3, 0.4) is 0 Å². The lowest BCUT2D eigenvalue weighted by Gasteiger charge is -2.00. The molecule has 0 radical (unpaired) electrons. The molecule has 0 heterocycles. The third-order valence-electron chi connectivity index (χ3n) is 2.19. The molecule has 0 aliphatic heterocycles. The van der Waals surface area contributed by atoms with Crippen molar-refractivity contribution in [2.75, 3.05) is 20.2 Å². The molecule has 0 aromatic carbocycles. The van der Waals surface area contributed by atoms with Gasteiger partial charge >= 0.3 is 5.97 Å². The average molecular weight is 183 g/mol. The lowest BCUT2D eigenvalue weighted by molar-refractivity contribution is -0.136. The van der Waals surface area contributed by atoms with Gasteiger partial charge in [-0.05, 0) is 32.2 Å². The van der Waals surface area contributed by atoms with Crippen LogP contribution in [0.15, 0.2) is 11.6 Å². The lowest BCUT2D eigenvalue weighted by Crippen LogP contribution is -2.17. The van der Waals surface area contributed by atoms with Gasteiger partial charge in [-0.1, -0.05) is 6.08 Å². The number of hydrogen-bond acceptors (Lipinski definition) is 3. The van der Waals surface area contributed by atoms with E-state index >= 15 is 0 Å². The van der Waals surface area contributed by atoms with E-state index in [4.69, 9.17) is 0 Å². The summed E-state index contributed by atoms with van der Waals surface area (Å²) < 4.78 is 4.57. The number of methoxy groups -OCH3 is 1. The lowest BCUT2D eigenvalue weighted by atomic mass is 10.3. The predicted octanol–water partition coefficient (Wildman–Crippen LogP) is 1.11. The van der Waals surface area contributed by atoms with E-state index in [0.29, 0.717) is 5.57 Å². The van der Waals surface area contributed by atoms with Crippen molar-refractivity contribution in [2.45, 2.75) is 19.8 Å². The monoisotopic (exact) mass is 183 g/mol. The molecule has 74 valence electrons. The van der Waals surface area contributed by atoms with Crippen LogP contribution in [0.4, 0.5) is 0 Å². The van der Waals surface area contributed by atoms with Crippen molar-refractivity contribution < 1.29 is 9.53 Å². The number of rotatable bonds is 5. The predicted molar refractivity (Wildman–Crippen MR) is 51.4 cm³/mol. The summed E-state index contributed by atoms with van der Waals surface area (Å²) in [5, 5.41) is 3.27. The number of carbonyl (C=O) groups is 1. The molecule has 0 spiro atoms. The van der Waals surface area contributed by atoms with E-state index < -0.39 is 0 Å². The molecule has 1 fully saturated rings. The van der Waals surface area contributed by atoms with Gasteiger partial charge < -0.3 is 10.1 Å². The summed E-state index contributed by atoms with van der Waals surface area (Å²) in [5.74, 6) is 0.639. The number of hydrogen-bond donors (Lipinski definition) is 1. The van der Waals surface area contributed by atoms with Crippen molar-refractivity contribution in [1.29, 1.82) is 0 Å². The number of carbonyl (C=O) groups excluding carboxylic acids is 1. The first kappa shape index (κ1) is 10.3. The minimum absolute atomic E-state index is 0.242. The van der Waals surface area contributed by atoms with Crippen LogP contribution in [-0.2, 0) is 9.53 Å². The van der Waals surface area contributed by atoms with Crippen molar-refractivity contribution >= 4 is 5.97 Å². The molecule has 0 aromatic rings. The van der Waals surface area contributed by atoms with Crippen molar-refractivity contribution in [3.8, 4) is 0 Å². The maximum absolute atomic E-state index is 10.9. The van der Waals surface area contributed by atoms with Crippen LogP contribution in [0.25, 0.3) is 0 Å². The second-order valence-corrected chi connectivity index (χ2v) is 3.48. The van der Waals surface area contributed by atoms with Crippen LogP contribution in [0.5, 0.6) is 0 Å². The first-order valence-corrected chi connectivity index (χ1v) is 4.70. The maximum Gasteiger partial charge on any atom is 0.333 e. The highest BCUT2D eigenvalue weighted by Crippen LogP contribution is 2.27. The van der Waals surface area contributed by atoms with Crippen LogP contribution >= 0.6 is 0 Å². The first-order valence-electron chi connectivity index (χ1n) is 4.70. The third-order valence-corrected chi connectivity index (χ3v) is 2.19. The van der Waals surface area contributed by atoms with E-state index in [1.165, 1.54) is 20.0 Å². The highest BCUT2D eigenvalue weighted by molar-refractivity contribution is 5.87. The Balaban J connectivity index is 2.09. The summed E-state index contributed by atoms with van der Waals surface area (Å²) in [4.78, 5) is 10.9. The summed E-state index contributed by atoms with van der Waals surface area (Å²) in [7, 11) is 1.40. The third kappa shape index (κ3) is 4.08. The first-order chi connectivity index (χ1) is 6.24. The zero-order valence-corrected chi connectivity index (χ0v) is 8.30. The van der Waals surface area contributed by atoms with Crippen LogP contribution < -0.4 is 5.32 Å². The normalized spacial score (nSPS) is 17.2. The Hall–Kier alpha value is -0.830. The molecule has 0 atom stereocenters. The van der Waals surface area contributed by atoms with Crippen molar-refractivity contribution in [3.05, 3.63) is 11.6 Å². The Labute approximate surface area is 79.2 Å². The number of nitrogens with one attached hydrogen (secondary N) is 1. The SMILES string of the molecule is COC(=O)C(C)=CCNCC1CC1. The molecule has 0 unspecified atom stereocenters. The molecule has 1 N–H and O–H groups in total. The average Bonchev–Trinajstić information content (AvgIpc) is 2.94. The molecule has 3 heteroatoms. The Morgan fingerprint density at radius 1 is 1.62 bits per heavy atom. The van der Waals surface area contributed by atoms with Crippen LogP contribution in [0.2, 0.25) is 0 Å². The molecular formula is C10H17NO2. The summed E-state index contributed by atoms with van der Waals surface area (Å²) in [6.07, 6.45) is 4.58. The fraction of sp³-hybridized carbons (Fsp3) is 0.700. The summed E-state index contributed by atoms with van der Waals surface area (Å²) in [6, 6.07) is 0. The number of esters is 1. The largest absolute Gasteiger partial charge is 0.466 e. The molecule has 13 heavy (non-hydrogen) atoms. The van der Waals surface area contributed by atoms with Gasteiger partial charge in [-0.25, -0.2) is 4.79 Å². The van der Waals surface area contributed by atoms with Gasteiger partial charge in [0.25, 0.3) is 0 Å². The summed E-state index contributed by atoms with van der Waals surface area (Å²) in [5.41, 5.74) is 0.672. The van der Waals surface area contributed by atoms with Gasteiger partial charge in [-0.3, -0.25) is 0 Å². The second kappa shape index (κ2) is 5.02. The molecule has 1 aliphatic rings. The molecule has 3 nitrogen and oxygen atoms in total.